The van der Waals surface area contributed by atoms with Crippen LogP contribution < -0.4 is 10.6 Å². The molecule has 0 saturated carbocycles. The van der Waals surface area contributed by atoms with Gasteiger partial charge in [-0.3, -0.25) is 4.79 Å². The van der Waals surface area contributed by atoms with Crippen molar-refractivity contribution >= 4 is 23.2 Å². The van der Waals surface area contributed by atoms with Gasteiger partial charge in [0.15, 0.2) is 5.69 Å². The standard InChI is InChI=1S/C12H17N3O3S/c1-7-4-13-5-8(7)11(16)14-3-2-10-15-9(6-19-10)12(17)18/h6-8,13H,2-5H2,1H3,(H,14,16)(H,17,18). The molecular weight excluding hydrogens is 266 g/mol. The SMILES string of the molecule is CC1CNCC1C(=O)NCCc1nc(C(=O)O)cs1. The Kier molecular flexibility index (Phi) is 4.49. The van der Waals surface area contributed by atoms with Crippen molar-refractivity contribution < 1.29 is 14.7 Å². The maximum atomic E-state index is 11.9. The predicted octanol–water partition coefficient (Wildman–Crippen LogP) is 0.356. The number of nitrogens with zero attached hydrogens (tertiary/aromatic N) is 1. The van der Waals surface area contributed by atoms with E-state index in [1.54, 1.807) is 0 Å². The van der Waals surface area contributed by atoms with Crippen LogP contribution in [0.15, 0.2) is 5.38 Å². The normalized spacial score (nSPS) is 22.4. The van der Waals surface area contributed by atoms with E-state index < -0.39 is 5.97 Å². The summed E-state index contributed by atoms with van der Waals surface area (Å²) in [6.07, 6.45) is 0.568. The Morgan fingerprint density at radius 2 is 2.37 bits per heavy atom. The highest BCUT2D eigenvalue weighted by atomic mass is 32.1. The van der Waals surface area contributed by atoms with Gasteiger partial charge >= 0.3 is 5.97 Å². The van der Waals surface area contributed by atoms with Gasteiger partial charge in [0.1, 0.15) is 0 Å². The van der Waals surface area contributed by atoms with Gasteiger partial charge in [-0.15, -0.1) is 11.3 Å². The van der Waals surface area contributed by atoms with Gasteiger partial charge in [0, 0.05) is 24.9 Å². The lowest BCUT2D eigenvalue weighted by Crippen LogP contribution is -2.35. The van der Waals surface area contributed by atoms with Crippen LogP contribution >= 0.6 is 11.3 Å². The van der Waals surface area contributed by atoms with Gasteiger partial charge in [0.05, 0.1) is 10.9 Å². The first-order chi connectivity index (χ1) is 9.08. The number of hydrogen-bond acceptors (Lipinski definition) is 5. The maximum Gasteiger partial charge on any atom is 0.355 e. The molecule has 0 aromatic carbocycles. The fraction of sp³-hybridized carbons (Fsp3) is 0.583. The Morgan fingerprint density at radius 1 is 1.58 bits per heavy atom. The summed E-state index contributed by atoms with van der Waals surface area (Å²) in [7, 11) is 0. The Morgan fingerprint density at radius 3 is 2.95 bits per heavy atom. The molecule has 6 nitrogen and oxygen atoms in total. The topological polar surface area (TPSA) is 91.3 Å². The number of hydrogen-bond donors (Lipinski definition) is 3. The van der Waals surface area contributed by atoms with E-state index in [4.69, 9.17) is 5.11 Å². The molecule has 19 heavy (non-hydrogen) atoms. The monoisotopic (exact) mass is 283 g/mol. The summed E-state index contributed by atoms with van der Waals surface area (Å²) in [5, 5.41) is 17.1. The van der Waals surface area contributed by atoms with Crippen molar-refractivity contribution in [1.29, 1.82) is 0 Å². The average molecular weight is 283 g/mol. The van der Waals surface area contributed by atoms with Gasteiger partial charge in [-0.25, -0.2) is 9.78 Å². The van der Waals surface area contributed by atoms with Gasteiger partial charge in [-0.1, -0.05) is 6.92 Å². The van der Waals surface area contributed by atoms with E-state index in [9.17, 15) is 9.59 Å². The summed E-state index contributed by atoms with van der Waals surface area (Å²) in [6, 6.07) is 0. The number of carbonyl (C=O) groups excluding carboxylic acids is 1. The van der Waals surface area contributed by atoms with Crippen molar-refractivity contribution in [1.82, 2.24) is 15.6 Å². The van der Waals surface area contributed by atoms with Crippen LogP contribution in [0.2, 0.25) is 0 Å². The molecule has 1 saturated heterocycles. The fourth-order valence-electron chi connectivity index (χ4n) is 2.11. The van der Waals surface area contributed by atoms with Crippen LogP contribution in [0.5, 0.6) is 0 Å². The van der Waals surface area contributed by atoms with E-state index in [1.165, 1.54) is 16.7 Å². The first kappa shape index (κ1) is 14.0. The molecule has 2 rings (SSSR count). The third-order valence-electron chi connectivity index (χ3n) is 3.26. The van der Waals surface area contributed by atoms with E-state index in [0.29, 0.717) is 18.9 Å². The summed E-state index contributed by atoms with van der Waals surface area (Å²) < 4.78 is 0. The fourth-order valence-corrected chi connectivity index (χ4v) is 2.88. The number of carbonyl (C=O) groups is 2. The van der Waals surface area contributed by atoms with Gasteiger partial charge < -0.3 is 15.7 Å². The number of aromatic carboxylic acids is 1. The number of amides is 1. The molecule has 1 aromatic rings. The molecule has 0 bridgehead atoms. The van der Waals surface area contributed by atoms with Crippen LogP contribution in [-0.2, 0) is 11.2 Å². The summed E-state index contributed by atoms with van der Waals surface area (Å²) >= 11 is 1.31. The Balaban J connectivity index is 1.76. The van der Waals surface area contributed by atoms with Crippen LogP contribution in [-0.4, -0.2) is 41.6 Å². The molecule has 1 aromatic heterocycles. The Bertz CT molecular complexity index is 475. The first-order valence-corrected chi connectivity index (χ1v) is 7.12. The highest BCUT2D eigenvalue weighted by Crippen LogP contribution is 2.15. The number of thiazole rings is 1. The third-order valence-corrected chi connectivity index (χ3v) is 4.17. The molecule has 1 amide bonds. The van der Waals surface area contributed by atoms with Crippen molar-refractivity contribution in [2.24, 2.45) is 11.8 Å². The molecular formula is C12H17N3O3S. The zero-order valence-electron chi connectivity index (χ0n) is 10.7. The van der Waals surface area contributed by atoms with E-state index >= 15 is 0 Å². The Labute approximate surface area is 115 Å². The van der Waals surface area contributed by atoms with Crippen LogP contribution in [0.4, 0.5) is 0 Å². The summed E-state index contributed by atoms with van der Waals surface area (Å²) in [4.78, 5) is 26.5. The largest absolute Gasteiger partial charge is 0.476 e. The molecule has 3 N–H and O–H groups in total. The van der Waals surface area contributed by atoms with Gasteiger partial charge in [-0.2, -0.15) is 0 Å². The maximum absolute atomic E-state index is 11.9. The van der Waals surface area contributed by atoms with Crippen LogP contribution in [0.25, 0.3) is 0 Å². The molecule has 2 unspecified atom stereocenters. The minimum atomic E-state index is -1.02. The molecule has 104 valence electrons. The second-order valence-electron chi connectivity index (χ2n) is 4.71. The van der Waals surface area contributed by atoms with Crippen LogP contribution in [0.1, 0.15) is 22.4 Å². The summed E-state index contributed by atoms with van der Waals surface area (Å²) in [6.45, 7) is 4.17. The van der Waals surface area contributed by atoms with Crippen LogP contribution in [0.3, 0.4) is 0 Å². The molecule has 1 aliphatic rings. The minimum absolute atomic E-state index is 0.0332. The molecule has 7 heteroatoms. The predicted molar refractivity (Wildman–Crippen MR) is 71.3 cm³/mol. The molecule has 2 heterocycles. The van der Waals surface area contributed by atoms with E-state index in [1.807, 2.05) is 0 Å². The summed E-state index contributed by atoms with van der Waals surface area (Å²) in [5.74, 6) is -0.561. The average Bonchev–Trinajstić information content (AvgIpc) is 2.97. The molecule has 0 aliphatic carbocycles. The molecule has 0 spiro atoms. The lowest BCUT2D eigenvalue weighted by molar-refractivity contribution is -0.125. The second-order valence-corrected chi connectivity index (χ2v) is 5.66. The van der Waals surface area contributed by atoms with Gasteiger partial charge in [0.2, 0.25) is 5.91 Å². The van der Waals surface area contributed by atoms with Crippen molar-refractivity contribution in [3.63, 3.8) is 0 Å². The smallest absolute Gasteiger partial charge is 0.355 e. The zero-order valence-corrected chi connectivity index (χ0v) is 11.5. The van der Waals surface area contributed by atoms with Crippen molar-refractivity contribution in [3.05, 3.63) is 16.1 Å². The summed E-state index contributed by atoms with van der Waals surface area (Å²) in [5.41, 5.74) is 0.0694. The van der Waals surface area contributed by atoms with E-state index in [-0.39, 0.29) is 17.5 Å². The lowest BCUT2D eigenvalue weighted by atomic mass is 9.97. The van der Waals surface area contributed by atoms with Crippen LogP contribution in [0, 0.1) is 11.8 Å². The highest BCUT2D eigenvalue weighted by Gasteiger charge is 2.29. The molecule has 2 atom stereocenters. The van der Waals surface area contributed by atoms with Crippen molar-refractivity contribution in [2.45, 2.75) is 13.3 Å². The zero-order chi connectivity index (χ0) is 13.8. The van der Waals surface area contributed by atoms with Crippen molar-refractivity contribution in [3.8, 4) is 0 Å². The second kappa shape index (κ2) is 6.12. The molecule has 0 radical (unpaired) electrons. The third kappa shape index (κ3) is 3.51. The van der Waals surface area contributed by atoms with Gasteiger partial charge in [0.25, 0.3) is 0 Å². The highest BCUT2D eigenvalue weighted by molar-refractivity contribution is 7.09. The number of carboxylic acids is 1. The van der Waals surface area contributed by atoms with Crippen molar-refractivity contribution in [2.75, 3.05) is 19.6 Å². The van der Waals surface area contributed by atoms with E-state index in [0.717, 1.165) is 18.1 Å². The quantitative estimate of drug-likeness (QED) is 0.725. The minimum Gasteiger partial charge on any atom is -0.476 e. The number of nitrogens with one attached hydrogen (secondary N) is 2. The number of rotatable bonds is 5. The van der Waals surface area contributed by atoms with E-state index in [2.05, 4.69) is 22.5 Å². The van der Waals surface area contributed by atoms with Gasteiger partial charge in [-0.05, 0) is 12.5 Å². The number of carboxylic acid groups (broad SMARTS) is 1. The first-order valence-electron chi connectivity index (χ1n) is 6.24. The Hall–Kier alpha value is -1.47. The molecule has 1 fully saturated rings. The molecule has 1 aliphatic heterocycles. The number of aromatic nitrogens is 1. The lowest BCUT2D eigenvalue weighted by Gasteiger charge is -2.13.